The Kier molecular flexibility index (Phi) is 5.82. The van der Waals surface area contributed by atoms with Crippen molar-refractivity contribution in [2.24, 2.45) is 0 Å². The Balaban J connectivity index is 2.25. The Hall–Kier alpha value is -1.33. The van der Waals surface area contributed by atoms with Gasteiger partial charge in [0, 0.05) is 11.6 Å². The number of rotatable bonds is 7. The molecule has 1 unspecified atom stereocenters. The number of nitrogens with one attached hydrogen (secondary N) is 1. The van der Waals surface area contributed by atoms with E-state index in [4.69, 9.17) is 9.15 Å². The van der Waals surface area contributed by atoms with Gasteiger partial charge in [-0.25, -0.2) is 4.39 Å². The van der Waals surface area contributed by atoms with Crippen molar-refractivity contribution in [2.45, 2.75) is 25.8 Å². The van der Waals surface area contributed by atoms with Crippen molar-refractivity contribution in [3.8, 4) is 5.75 Å². The van der Waals surface area contributed by atoms with Gasteiger partial charge >= 0.3 is 0 Å². The van der Waals surface area contributed by atoms with Gasteiger partial charge < -0.3 is 14.5 Å². The van der Waals surface area contributed by atoms with Crippen molar-refractivity contribution in [1.29, 1.82) is 0 Å². The molecule has 5 heteroatoms. The van der Waals surface area contributed by atoms with Crippen LogP contribution in [0.4, 0.5) is 4.39 Å². The first-order valence-electron chi connectivity index (χ1n) is 6.95. The fourth-order valence-electron chi connectivity index (χ4n) is 2.26. The van der Waals surface area contributed by atoms with Crippen molar-refractivity contribution in [3.05, 3.63) is 52.1 Å². The first kappa shape index (κ1) is 16.0. The van der Waals surface area contributed by atoms with Gasteiger partial charge in [0.05, 0.1) is 13.4 Å². The Morgan fingerprint density at radius 3 is 2.81 bits per heavy atom. The minimum absolute atomic E-state index is 0.0142. The summed E-state index contributed by atoms with van der Waals surface area (Å²) in [7, 11) is 1.47. The highest BCUT2D eigenvalue weighted by atomic mass is 79.9. The molecule has 1 aromatic carbocycles. The molecule has 1 heterocycles. The number of benzene rings is 1. The maximum Gasteiger partial charge on any atom is 0.173 e. The molecule has 0 amide bonds. The summed E-state index contributed by atoms with van der Waals surface area (Å²) in [6.07, 6.45) is 3.16. The van der Waals surface area contributed by atoms with Gasteiger partial charge in [0.25, 0.3) is 0 Å². The van der Waals surface area contributed by atoms with Crippen molar-refractivity contribution in [3.63, 3.8) is 0 Å². The molecule has 0 aliphatic rings. The quantitative estimate of drug-likeness (QED) is 0.795. The lowest BCUT2D eigenvalue weighted by Crippen LogP contribution is -2.24. The van der Waals surface area contributed by atoms with Crippen LogP contribution in [0.1, 0.15) is 30.5 Å². The summed E-state index contributed by atoms with van der Waals surface area (Å²) >= 11 is 3.39. The zero-order valence-electron chi connectivity index (χ0n) is 12.2. The molecule has 1 atom stereocenters. The van der Waals surface area contributed by atoms with Crippen molar-refractivity contribution < 1.29 is 13.5 Å². The Labute approximate surface area is 132 Å². The third kappa shape index (κ3) is 3.86. The molecular weight excluding hydrogens is 337 g/mol. The Morgan fingerprint density at radius 2 is 2.19 bits per heavy atom. The average molecular weight is 356 g/mol. The van der Waals surface area contributed by atoms with Crippen LogP contribution in [0.25, 0.3) is 0 Å². The number of methoxy groups -OCH3 is 1. The summed E-state index contributed by atoms with van der Waals surface area (Å²) in [6.45, 7) is 2.95. The second-order valence-corrected chi connectivity index (χ2v) is 5.51. The molecule has 3 nitrogen and oxygen atoms in total. The molecular formula is C16H19BrFNO2. The molecule has 0 radical (unpaired) electrons. The summed E-state index contributed by atoms with van der Waals surface area (Å²) in [4.78, 5) is 0. The molecule has 0 bridgehead atoms. The lowest BCUT2D eigenvalue weighted by Gasteiger charge is -2.18. The van der Waals surface area contributed by atoms with Crippen molar-refractivity contribution in [2.75, 3.05) is 13.7 Å². The zero-order chi connectivity index (χ0) is 15.2. The third-order valence-corrected chi connectivity index (χ3v) is 3.99. The van der Waals surface area contributed by atoms with Gasteiger partial charge in [-0.1, -0.05) is 19.1 Å². The van der Waals surface area contributed by atoms with Crippen LogP contribution in [0, 0.1) is 5.82 Å². The molecule has 0 aliphatic carbocycles. The lowest BCUT2D eigenvalue weighted by molar-refractivity contribution is 0.382. The summed E-state index contributed by atoms with van der Waals surface area (Å²) in [6, 6.07) is 7.10. The first-order chi connectivity index (χ1) is 10.2. The molecule has 0 aliphatic heterocycles. The van der Waals surface area contributed by atoms with E-state index in [9.17, 15) is 4.39 Å². The van der Waals surface area contributed by atoms with Gasteiger partial charge in [0.15, 0.2) is 16.2 Å². The van der Waals surface area contributed by atoms with Gasteiger partial charge in [-0.3, -0.25) is 0 Å². The molecule has 114 valence electrons. The predicted molar refractivity (Wildman–Crippen MR) is 84.1 cm³/mol. The fraction of sp³-hybridized carbons (Fsp3) is 0.375. The number of furan rings is 1. The van der Waals surface area contributed by atoms with Gasteiger partial charge in [-0.2, -0.15) is 0 Å². The fourth-order valence-corrected chi connectivity index (χ4v) is 2.77. The van der Waals surface area contributed by atoms with Crippen LogP contribution in [-0.2, 0) is 6.42 Å². The van der Waals surface area contributed by atoms with E-state index < -0.39 is 0 Å². The predicted octanol–water partition coefficient (Wildman–Crippen LogP) is 4.47. The molecule has 1 N–H and O–H groups in total. The van der Waals surface area contributed by atoms with E-state index >= 15 is 0 Å². The van der Waals surface area contributed by atoms with Crippen LogP contribution in [-0.4, -0.2) is 13.7 Å². The summed E-state index contributed by atoms with van der Waals surface area (Å²) in [5.74, 6) is -0.0316. The summed E-state index contributed by atoms with van der Waals surface area (Å²) < 4.78 is 25.3. The number of hydrogen-bond donors (Lipinski definition) is 1. The topological polar surface area (TPSA) is 34.4 Å². The zero-order valence-corrected chi connectivity index (χ0v) is 13.7. The minimum Gasteiger partial charge on any atom is -0.494 e. The van der Waals surface area contributed by atoms with E-state index in [-0.39, 0.29) is 17.6 Å². The maximum absolute atomic E-state index is 14.3. The number of ether oxygens (including phenoxy) is 1. The highest BCUT2D eigenvalue weighted by Crippen LogP contribution is 2.29. The van der Waals surface area contributed by atoms with E-state index in [0.29, 0.717) is 16.7 Å². The van der Waals surface area contributed by atoms with Crippen LogP contribution in [0.5, 0.6) is 5.75 Å². The highest BCUT2D eigenvalue weighted by molar-refractivity contribution is 9.10. The standard InChI is InChI=1S/C16H19BrFNO2/c1-3-8-19-13(12-7-9-21-16(12)17)10-11-5-4-6-14(20-2)15(11)18/h4-7,9,13,19H,3,8,10H2,1-2H3. The summed E-state index contributed by atoms with van der Waals surface area (Å²) in [5, 5.41) is 3.43. The van der Waals surface area contributed by atoms with Gasteiger partial charge in [0.1, 0.15) is 0 Å². The Morgan fingerprint density at radius 1 is 1.38 bits per heavy atom. The average Bonchev–Trinajstić information content (AvgIpc) is 2.91. The smallest absolute Gasteiger partial charge is 0.173 e. The van der Waals surface area contributed by atoms with E-state index in [1.807, 2.05) is 6.07 Å². The molecule has 2 rings (SSSR count). The molecule has 0 spiro atoms. The monoisotopic (exact) mass is 355 g/mol. The normalized spacial score (nSPS) is 12.4. The Bertz CT molecular complexity index is 585. The largest absolute Gasteiger partial charge is 0.494 e. The second-order valence-electron chi connectivity index (χ2n) is 4.79. The van der Waals surface area contributed by atoms with Gasteiger partial charge in [0.2, 0.25) is 0 Å². The van der Waals surface area contributed by atoms with E-state index in [1.165, 1.54) is 7.11 Å². The van der Waals surface area contributed by atoms with Crippen LogP contribution in [0.2, 0.25) is 0 Å². The van der Waals surface area contributed by atoms with Crippen LogP contribution < -0.4 is 10.1 Å². The van der Waals surface area contributed by atoms with Crippen LogP contribution in [0.3, 0.4) is 0 Å². The highest BCUT2D eigenvalue weighted by Gasteiger charge is 2.19. The van der Waals surface area contributed by atoms with Crippen LogP contribution >= 0.6 is 15.9 Å². The van der Waals surface area contributed by atoms with Crippen molar-refractivity contribution in [1.82, 2.24) is 5.32 Å². The third-order valence-electron chi connectivity index (χ3n) is 3.35. The van der Waals surface area contributed by atoms with E-state index in [0.717, 1.165) is 18.5 Å². The molecule has 21 heavy (non-hydrogen) atoms. The number of hydrogen-bond acceptors (Lipinski definition) is 3. The number of halogens is 2. The molecule has 0 saturated carbocycles. The summed E-state index contributed by atoms with van der Waals surface area (Å²) in [5.41, 5.74) is 1.61. The molecule has 1 aromatic heterocycles. The molecule has 2 aromatic rings. The SMILES string of the molecule is CCCNC(Cc1cccc(OC)c1F)c1ccoc1Br. The second kappa shape index (κ2) is 7.61. The van der Waals surface area contributed by atoms with Crippen molar-refractivity contribution >= 4 is 15.9 Å². The minimum atomic E-state index is -0.303. The maximum atomic E-state index is 14.3. The van der Waals surface area contributed by atoms with Gasteiger partial charge in [-0.15, -0.1) is 0 Å². The first-order valence-corrected chi connectivity index (χ1v) is 7.74. The lowest BCUT2D eigenvalue weighted by atomic mass is 10.00. The molecule has 0 saturated heterocycles. The van der Waals surface area contributed by atoms with Gasteiger partial charge in [-0.05, 0) is 53.0 Å². The van der Waals surface area contributed by atoms with E-state index in [2.05, 4.69) is 28.2 Å². The molecule has 0 fully saturated rings. The van der Waals surface area contributed by atoms with Crippen LogP contribution in [0.15, 0.2) is 39.6 Å². The van der Waals surface area contributed by atoms with E-state index in [1.54, 1.807) is 24.5 Å².